The number of amides is 2. The highest BCUT2D eigenvalue weighted by Crippen LogP contribution is 2.28. The Morgan fingerprint density at radius 3 is 2.44 bits per heavy atom. The second kappa shape index (κ2) is 14.7. The highest BCUT2D eigenvalue weighted by molar-refractivity contribution is 5.91. The SMILES string of the molecule is COc1ccc(/C=C/C(=O)N2CCCCN3CCCN(C3)[C@H](c3ccccc3)CC(=O)NCCC2)cc1OC. The Morgan fingerprint density at radius 1 is 0.897 bits per heavy atom. The van der Waals surface area contributed by atoms with E-state index in [9.17, 15) is 9.59 Å². The summed E-state index contributed by atoms with van der Waals surface area (Å²) in [4.78, 5) is 33.0. The highest BCUT2D eigenvalue weighted by Gasteiger charge is 2.27. The molecular weight excluding hydrogens is 492 g/mol. The van der Waals surface area contributed by atoms with Crippen molar-refractivity contribution in [3.8, 4) is 11.5 Å². The van der Waals surface area contributed by atoms with E-state index in [1.54, 1.807) is 20.3 Å². The molecule has 2 amide bonds. The number of rotatable bonds is 5. The van der Waals surface area contributed by atoms with E-state index in [1.165, 1.54) is 5.56 Å². The molecule has 2 heterocycles. The molecule has 2 fully saturated rings. The van der Waals surface area contributed by atoms with Crippen LogP contribution in [-0.4, -0.2) is 86.7 Å². The van der Waals surface area contributed by atoms with Crippen molar-refractivity contribution in [3.63, 3.8) is 0 Å². The average molecular weight is 535 g/mol. The third-order valence-corrected chi connectivity index (χ3v) is 7.52. The first-order valence-electron chi connectivity index (χ1n) is 14.0. The minimum absolute atomic E-state index is 0.0197. The number of carbonyl (C=O) groups is 2. The van der Waals surface area contributed by atoms with Gasteiger partial charge >= 0.3 is 0 Å². The molecule has 0 saturated carbocycles. The van der Waals surface area contributed by atoms with E-state index in [0.29, 0.717) is 44.0 Å². The van der Waals surface area contributed by atoms with E-state index < -0.39 is 0 Å². The molecule has 0 aromatic heterocycles. The van der Waals surface area contributed by atoms with E-state index in [1.807, 2.05) is 35.2 Å². The minimum atomic E-state index is -0.0197. The summed E-state index contributed by atoms with van der Waals surface area (Å²) in [6.45, 7) is 5.78. The van der Waals surface area contributed by atoms with E-state index in [0.717, 1.165) is 51.1 Å². The third kappa shape index (κ3) is 8.31. The number of hydrogen-bond donors (Lipinski definition) is 1. The van der Waals surface area contributed by atoms with Gasteiger partial charge in [-0.2, -0.15) is 0 Å². The van der Waals surface area contributed by atoms with Gasteiger partial charge in [-0.25, -0.2) is 0 Å². The number of fused-ring (bicyclic) bond motifs is 2. The lowest BCUT2D eigenvalue weighted by molar-refractivity contribution is -0.126. The lowest BCUT2D eigenvalue weighted by Crippen LogP contribution is -2.47. The van der Waals surface area contributed by atoms with Crippen LogP contribution in [0.4, 0.5) is 0 Å². The van der Waals surface area contributed by atoms with Gasteiger partial charge in [0.1, 0.15) is 0 Å². The summed E-state index contributed by atoms with van der Waals surface area (Å²) in [6, 6.07) is 16.0. The van der Waals surface area contributed by atoms with Gasteiger partial charge in [0.25, 0.3) is 0 Å². The molecule has 2 aromatic rings. The van der Waals surface area contributed by atoms with E-state index in [-0.39, 0.29) is 17.9 Å². The van der Waals surface area contributed by atoms with Crippen LogP contribution in [-0.2, 0) is 9.59 Å². The standard InChI is InChI=1S/C31H42N4O4/c1-38-28-14-12-25(22-29(28)39-2)13-15-31(37)34-19-7-6-17-33-18-9-21-35(24-33)27(26-10-4-3-5-11-26)23-30(36)32-16-8-20-34/h3-5,10-15,22,27H,6-9,16-21,23-24H2,1-2H3,(H,32,36)/b15-13+/t27-/m0/s1. The molecule has 2 unspecified atom stereocenters. The Balaban J connectivity index is 1.41. The molecule has 210 valence electrons. The minimum Gasteiger partial charge on any atom is -0.493 e. The van der Waals surface area contributed by atoms with Crippen molar-refractivity contribution in [1.82, 2.24) is 20.0 Å². The summed E-state index contributed by atoms with van der Waals surface area (Å²) < 4.78 is 10.7. The summed E-state index contributed by atoms with van der Waals surface area (Å²) >= 11 is 0. The van der Waals surface area contributed by atoms with Gasteiger partial charge in [0.2, 0.25) is 11.8 Å². The van der Waals surface area contributed by atoms with Crippen molar-refractivity contribution >= 4 is 17.9 Å². The molecule has 2 bridgehead atoms. The molecule has 3 atom stereocenters. The fraction of sp³-hybridized carbons (Fsp3) is 0.484. The largest absolute Gasteiger partial charge is 0.493 e. The van der Waals surface area contributed by atoms with Crippen molar-refractivity contribution in [2.45, 2.75) is 38.1 Å². The van der Waals surface area contributed by atoms with Crippen molar-refractivity contribution in [2.75, 3.05) is 60.2 Å². The zero-order valence-electron chi connectivity index (χ0n) is 23.3. The maximum absolute atomic E-state index is 13.2. The Hall–Kier alpha value is -3.36. The van der Waals surface area contributed by atoms with Gasteiger partial charge in [-0.15, -0.1) is 0 Å². The Labute approximate surface area is 232 Å². The zero-order chi connectivity index (χ0) is 27.5. The quantitative estimate of drug-likeness (QED) is 0.586. The smallest absolute Gasteiger partial charge is 0.246 e. The molecule has 39 heavy (non-hydrogen) atoms. The van der Waals surface area contributed by atoms with Crippen LogP contribution in [0.25, 0.3) is 6.08 Å². The summed E-state index contributed by atoms with van der Waals surface area (Å²) in [5.41, 5.74) is 2.06. The maximum Gasteiger partial charge on any atom is 0.246 e. The van der Waals surface area contributed by atoms with Crippen LogP contribution in [0.15, 0.2) is 54.6 Å². The fourth-order valence-electron chi connectivity index (χ4n) is 5.41. The van der Waals surface area contributed by atoms with Crippen molar-refractivity contribution in [2.24, 2.45) is 0 Å². The van der Waals surface area contributed by atoms with E-state index in [4.69, 9.17) is 9.47 Å². The third-order valence-electron chi connectivity index (χ3n) is 7.52. The number of nitrogens with zero attached hydrogens (tertiary/aromatic N) is 3. The maximum atomic E-state index is 13.2. The average Bonchev–Trinajstić information content (AvgIpc) is 2.98. The van der Waals surface area contributed by atoms with Gasteiger partial charge in [0.15, 0.2) is 11.5 Å². The van der Waals surface area contributed by atoms with Gasteiger partial charge in [0.05, 0.1) is 20.9 Å². The highest BCUT2D eigenvalue weighted by atomic mass is 16.5. The monoisotopic (exact) mass is 534 g/mol. The number of ether oxygens (including phenoxy) is 2. The first kappa shape index (κ1) is 28.6. The second-order valence-corrected chi connectivity index (χ2v) is 10.2. The van der Waals surface area contributed by atoms with Crippen LogP contribution in [0.5, 0.6) is 11.5 Å². The lowest BCUT2D eigenvalue weighted by atomic mass is 10.0. The van der Waals surface area contributed by atoms with Crippen LogP contribution in [0.3, 0.4) is 0 Å². The number of hydrogen-bond acceptors (Lipinski definition) is 6. The van der Waals surface area contributed by atoms with Gasteiger partial charge in [-0.3, -0.25) is 19.4 Å². The van der Waals surface area contributed by atoms with Crippen LogP contribution in [0.2, 0.25) is 0 Å². The van der Waals surface area contributed by atoms with Crippen LogP contribution < -0.4 is 14.8 Å². The normalized spacial score (nSPS) is 23.4. The summed E-state index contributed by atoms with van der Waals surface area (Å²) in [5.74, 6) is 1.32. The van der Waals surface area contributed by atoms with Gasteiger partial charge < -0.3 is 19.7 Å². The second-order valence-electron chi connectivity index (χ2n) is 10.2. The molecule has 2 aliphatic rings. The predicted molar refractivity (Wildman–Crippen MR) is 154 cm³/mol. The molecule has 8 nitrogen and oxygen atoms in total. The molecule has 8 heteroatoms. The molecule has 2 aliphatic heterocycles. The Kier molecular flexibility index (Phi) is 10.8. The predicted octanol–water partition coefficient (Wildman–Crippen LogP) is 3.94. The van der Waals surface area contributed by atoms with Gasteiger partial charge in [0, 0.05) is 51.3 Å². The van der Waals surface area contributed by atoms with Crippen LogP contribution in [0.1, 0.15) is 49.3 Å². The van der Waals surface area contributed by atoms with Crippen molar-refractivity contribution in [3.05, 3.63) is 65.7 Å². The molecule has 0 spiro atoms. The Morgan fingerprint density at radius 2 is 1.64 bits per heavy atom. The number of nitrogens with one attached hydrogen (secondary N) is 1. The van der Waals surface area contributed by atoms with Crippen molar-refractivity contribution < 1.29 is 19.1 Å². The number of benzene rings is 2. The summed E-state index contributed by atoms with van der Waals surface area (Å²) in [7, 11) is 3.20. The van der Waals surface area contributed by atoms with Crippen LogP contribution >= 0.6 is 0 Å². The molecular formula is C31H42N4O4. The van der Waals surface area contributed by atoms with E-state index in [2.05, 4.69) is 39.4 Å². The molecule has 2 saturated heterocycles. The fourth-order valence-corrected chi connectivity index (χ4v) is 5.41. The molecule has 0 radical (unpaired) electrons. The zero-order valence-corrected chi connectivity index (χ0v) is 23.3. The topological polar surface area (TPSA) is 74.4 Å². The van der Waals surface area contributed by atoms with Crippen molar-refractivity contribution in [1.29, 1.82) is 0 Å². The summed E-state index contributed by atoms with van der Waals surface area (Å²) in [5, 5.41) is 3.11. The molecule has 2 aromatic carbocycles. The first-order valence-corrected chi connectivity index (χ1v) is 14.0. The summed E-state index contributed by atoms with van der Waals surface area (Å²) in [6.07, 6.45) is 7.66. The van der Waals surface area contributed by atoms with Gasteiger partial charge in [-0.1, -0.05) is 36.4 Å². The van der Waals surface area contributed by atoms with E-state index >= 15 is 0 Å². The molecule has 0 aliphatic carbocycles. The van der Waals surface area contributed by atoms with Crippen LogP contribution in [0, 0.1) is 0 Å². The molecule has 1 N–H and O–H groups in total. The first-order chi connectivity index (χ1) is 19.1. The number of methoxy groups -OCH3 is 2. The van der Waals surface area contributed by atoms with Gasteiger partial charge in [-0.05, 0) is 61.6 Å². The lowest BCUT2D eigenvalue weighted by Gasteiger charge is -2.40. The molecule has 4 rings (SSSR count). The Bertz CT molecular complexity index is 1110. The number of carbonyl (C=O) groups excluding carboxylic acids is 2.